The number of amides is 1. The van der Waals surface area contributed by atoms with Crippen molar-refractivity contribution in [3.63, 3.8) is 0 Å². The molecule has 1 amide bonds. The molecule has 0 aliphatic heterocycles. The minimum absolute atomic E-state index is 0.0520. The Hall–Kier alpha value is -2.89. The Kier molecular flexibility index (Phi) is 2.83. The number of anilines is 1. The Morgan fingerprint density at radius 1 is 1.10 bits per heavy atom. The molecule has 6 heteroatoms. The molecule has 5 nitrogen and oxygen atoms in total. The first-order chi connectivity index (χ1) is 9.66. The third-order valence-electron chi connectivity index (χ3n) is 2.92. The molecule has 0 spiro atoms. The Morgan fingerprint density at radius 2 is 1.80 bits per heavy atom. The van der Waals surface area contributed by atoms with E-state index in [9.17, 15) is 14.0 Å². The molecule has 0 bridgehead atoms. The monoisotopic (exact) mass is 271 g/mol. The lowest BCUT2D eigenvalue weighted by molar-refractivity contribution is 0.251. The van der Waals surface area contributed by atoms with E-state index < -0.39 is 11.8 Å². The van der Waals surface area contributed by atoms with Gasteiger partial charge in [0.2, 0.25) is 0 Å². The van der Waals surface area contributed by atoms with E-state index >= 15 is 0 Å². The molecule has 20 heavy (non-hydrogen) atoms. The minimum atomic E-state index is -0.631. The van der Waals surface area contributed by atoms with Crippen molar-refractivity contribution >= 4 is 22.6 Å². The van der Waals surface area contributed by atoms with Gasteiger partial charge in [0, 0.05) is 0 Å². The number of halogens is 1. The zero-order chi connectivity index (χ0) is 14.1. The summed E-state index contributed by atoms with van der Waals surface area (Å²) in [7, 11) is 0. The van der Waals surface area contributed by atoms with Crippen LogP contribution in [0.3, 0.4) is 0 Å². The fourth-order valence-corrected chi connectivity index (χ4v) is 1.98. The average Bonchev–Trinajstić information content (AvgIpc) is 2.79. The van der Waals surface area contributed by atoms with Crippen LogP contribution >= 0.6 is 0 Å². The molecular weight excluding hydrogens is 261 g/mol. The van der Waals surface area contributed by atoms with Gasteiger partial charge in [0.25, 0.3) is 5.56 Å². The number of fused-ring (bicyclic) bond motifs is 1. The van der Waals surface area contributed by atoms with Crippen molar-refractivity contribution in [1.29, 1.82) is 0 Å². The highest BCUT2D eigenvalue weighted by Crippen LogP contribution is 2.14. The van der Waals surface area contributed by atoms with E-state index in [1.165, 1.54) is 18.2 Å². The molecule has 1 heterocycles. The summed E-state index contributed by atoms with van der Waals surface area (Å²) in [6, 6.07) is 11.8. The number of benzene rings is 2. The largest absolute Gasteiger partial charge is 0.345 e. The van der Waals surface area contributed by atoms with E-state index in [0.717, 1.165) is 4.68 Å². The van der Waals surface area contributed by atoms with Gasteiger partial charge in [-0.2, -0.15) is 0 Å². The Labute approximate surface area is 112 Å². The van der Waals surface area contributed by atoms with Crippen molar-refractivity contribution in [2.45, 2.75) is 0 Å². The van der Waals surface area contributed by atoms with Gasteiger partial charge >= 0.3 is 6.03 Å². The van der Waals surface area contributed by atoms with Gasteiger partial charge in [0.05, 0.1) is 16.6 Å². The molecule has 0 atom stereocenters. The van der Waals surface area contributed by atoms with Gasteiger partial charge in [-0.05, 0) is 24.3 Å². The molecule has 2 N–H and O–H groups in total. The van der Waals surface area contributed by atoms with Gasteiger partial charge < -0.3 is 5.32 Å². The summed E-state index contributed by atoms with van der Waals surface area (Å²) in [5.41, 5.74) is 0.117. The third kappa shape index (κ3) is 1.97. The topological polar surface area (TPSA) is 66.9 Å². The van der Waals surface area contributed by atoms with Crippen LogP contribution in [0, 0.1) is 5.82 Å². The summed E-state index contributed by atoms with van der Waals surface area (Å²) in [6.07, 6.45) is 0. The van der Waals surface area contributed by atoms with E-state index in [4.69, 9.17) is 0 Å². The van der Waals surface area contributed by atoms with E-state index in [1.807, 2.05) is 0 Å². The van der Waals surface area contributed by atoms with E-state index in [-0.39, 0.29) is 11.2 Å². The van der Waals surface area contributed by atoms with Crippen molar-refractivity contribution in [2.24, 2.45) is 0 Å². The predicted molar refractivity (Wildman–Crippen MR) is 73.4 cm³/mol. The number of para-hydroxylation sites is 2. The molecule has 0 fully saturated rings. The second kappa shape index (κ2) is 4.65. The van der Waals surface area contributed by atoms with Crippen LogP contribution < -0.4 is 10.9 Å². The number of nitrogens with one attached hydrogen (secondary N) is 2. The molecular formula is C14H10FN3O2. The van der Waals surface area contributed by atoms with E-state index in [1.54, 1.807) is 30.3 Å². The molecule has 0 radical (unpaired) electrons. The highest BCUT2D eigenvalue weighted by atomic mass is 19.1. The average molecular weight is 271 g/mol. The second-order valence-corrected chi connectivity index (χ2v) is 4.20. The van der Waals surface area contributed by atoms with Crippen molar-refractivity contribution < 1.29 is 9.18 Å². The number of carbonyl (C=O) groups is 1. The SMILES string of the molecule is O=C(Nc1ccccc1F)n1[nH]c(=O)c2ccccc21. The van der Waals surface area contributed by atoms with Gasteiger partial charge in [0.15, 0.2) is 0 Å². The number of nitrogens with zero attached hydrogens (tertiary/aromatic N) is 1. The summed E-state index contributed by atoms with van der Waals surface area (Å²) >= 11 is 0. The first-order valence-electron chi connectivity index (χ1n) is 5.92. The molecule has 2 aromatic carbocycles. The Balaban J connectivity index is 2.02. The third-order valence-corrected chi connectivity index (χ3v) is 2.92. The van der Waals surface area contributed by atoms with E-state index in [0.29, 0.717) is 10.9 Å². The zero-order valence-electron chi connectivity index (χ0n) is 10.3. The lowest BCUT2D eigenvalue weighted by Gasteiger charge is -2.07. The van der Waals surface area contributed by atoms with Crippen molar-refractivity contribution in [2.75, 3.05) is 5.32 Å². The summed E-state index contributed by atoms with van der Waals surface area (Å²) in [5.74, 6) is -0.542. The van der Waals surface area contributed by atoms with E-state index in [2.05, 4.69) is 10.4 Å². The van der Waals surface area contributed by atoms with Crippen LogP contribution in [0.2, 0.25) is 0 Å². The van der Waals surface area contributed by atoms with Gasteiger partial charge in [0.1, 0.15) is 5.82 Å². The standard InChI is InChI=1S/C14H10FN3O2/c15-10-6-2-3-7-11(10)16-14(20)18-12-8-4-1-5-9(12)13(19)17-18/h1-8H,(H,16,20)(H,17,19). The maximum atomic E-state index is 13.5. The molecule has 0 saturated heterocycles. The molecule has 0 aliphatic carbocycles. The Bertz CT molecular complexity index is 851. The van der Waals surface area contributed by atoms with Crippen LogP contribution in [0.15, 0.2) is 53.3 Å². The number of aromatic amines is 1. The molecule has 0 saturated carbocycles. The van der Waals surface area contributed by atoms with Gasteiger partial charge in [-0.15, -0.1) is 0 Å². The van der Waals surface area contributed by atoms with Crippen LogP contribution in [-0.2, 0) is 0 Å². The summed E-state index contributed by atoms with van der Waals surface area (Å²) in [4.78, 5) is 23.8. The van der Waals surface area contributed by atoms with Gasteiger partial charge in [-0.25, -0.2) is 13.9 Å². The first kappa shape index (κ1) is 12.2. The maximum Gasteiger partial charge on any atom is 0.345 e. The van der Waals surface area contributed by atoms with Crippen LogP contribution in [0.4, 0.5) is 14.9 Å². The summed E-state index contributed by atoms with van der Waals surface area (Å²) in [5, 5.41) is 5.23. The molecule has 1 aromatic heterocycles. The lowest BCUT2D eigenvalue weighted by Crippen LogP contribution is -2.22. The molecule has 3 aromatic rings. The molecule has 3 rings (SSSR count). The van der Waals surface area contributed by atoms with Crippen LogP contribution in [0.5, 0.6) is 0 Å². The fraction of sp³-hybridized carbons (Fsp3) is 0. The molecule has 100 valence electrons. The fourth-order valence-electron chi connectivity index (χ4n) is 1.98. The van der Waals surface area contributed by atoms with Crippen molar-refractivity contribution in [3.8, 4) is 0 Å². The normalized spacial score (nSPS) is 10.7. The maximum absolute atomic E-state index is 13.5. The number of hydrogen-bond acceptors (Lipinski definition) is 2. The lowest BCUT2D eigenvalue weighted by atomic mass is 10.2. The van der Waals surface area contributed by atoms with Crippen LogP contribution in [0.25, 0.3) is 10.9 Å². The molecule has 0 unspecified atom stereocenters. The first-order valence-corrected chi connectivity index (χ1v) is 5.92. The highest BCUT2D eigenvalue weighted by molar-refractivity contribution is 5.97. The zero-order valence-corrected chi connectivity index (χ0v) is 10.3. The van der Waals surface area contributed by atoms with Crippen molar-refractivity contribution in [1.82, 2.24) is 9.78 Å². The molecule has 0 aliphatic rings. The predicted octanol–water partition coefficient (Wildman–Crippen LogP) is 2.55. The minimum Gasteiger partial charge on any atom is -0.303 e. The number of rotatable bonds is 1. The number of hydrogen-bond donors (Lipinski definition) is 2. The quantitative estimate of drug-likeness (QED) is 0.714. The highest BCUT2D eigenvalue weighted by Gasteiger charge is 2.13. The van der Waals surface area contributed by atoms with Gasteiger partial charge in [-0.1, -0.05) is 24.3 Å². The second-order valence-electron chi connectivity index (χ2n) is 4.20. The van der Waals surface area contributed by atoms with Gasteiger partial charge in [-0.3, -0.25) is 9.89 Å². The Morgan fingerprint density at radius 3 is 2.60 bits per heavy atom. The summed E-state index contributed by atoms with van der Waals surface area (Å²) < 4.78 is 14.5. The number of carbonyl (C=O) groups excluding carboxylic acids is 1. The van der Waals surface area contributed by atoms with Crippen LogP contribution in [0.1, 0.15) is 0 Å². The summed E-state index contributed by atoms with van der Waals surface area (Å²) in [6.45, 7) is 0. The van der Waals surface area contributed by atoms with Crippen molar-refractivity contribution in [3.05, 3.63) is 64.7 Å². The number of H-pyrrole nitrogens is 1. The number of aromatic nitrogens is 2. The van der Waals surface area contributed by atoms with Crippen LogP contribution in [-0.4, -0.2) is 15.8 Å². The smallest absolute Gasteiger partial charge is 0.303 e.